The number of rotatable bonds is 5. The first kappa shape index (κ1) is 23.4. The summed E-state index contributed by atoms with van der Waals surface area (Å²) in [4.78, 5) is 18.7. The summed E-state index contributed by atoms with van der Waals surface area (Å²) in [6.45, 7) is 3.38. The van der Waals surface area contributed by atoms with Crippen LogP contribution in [0.1, 0.15) is 36.5 Å². The van der Waals surface area contributed by atoms with Gasteiger partial charge in [-0.1, -0.05) is 6.07 Å². The Morgan fingerprint density at radius 2 is 1.94 bits per heavy atom. The van der Waals surface area contributed by atoms with Gasteiger partial charge in [-0.2, -0.15) is 18.4 Å². The first-order valence-electron chi connectivity index (χ1n) is 10.9. The second kappa shape index (κ2) is 8.86. The van der Waals surface area contributed by atoms with Gasteiger partial charge in [-0.05, 0) is 61.7 Å². The van der Waals surface area contributed by atoms with Crippen molar-refractivity contribution in [1.29, 1.82) is 5.26 Å². The van der Waals surface area contributed by atoms with E-state index in [4.69, 9.17) is 0 Å². The zero-order valence-electron chi connectivity index (χ0n) is 18.5. The van der Waals surface area contributed by atoms with Crippen molar-refractivity contribution in [1.82, 2.24) is 9.55 Å². The van der Waals surface area contributed by atoms with E-state index >= 15 is 0 Å². The molecule has 0 spiro atoms. The van der Waals surface area contributed by atoms with Crippen LogP contribution in [0.15, 0.2) is 54.9 Å². The van der Waals surface area contributed by atoms with E-state index in [0.29, 0.717) is 11.3 Å². The van der Waals surface area contributed by atoms with Crippen LogP contribution in [0.3, 0.4) is 0 Å². The summed E-state index contributed by atoms with van der Waals surface area (Å²) < 4.78 is 41.1. The van der Waals surface area contributed by atoms with E-state index in [1.54, 1.807) is 17.2 Å². The minimum absolute atomic E-state index is 0.0809. The molecule has 3 heterocycles. The minimum Gasteiger partial charge on any atom is -0.481 e. The van der Waals surface area contributed by atoms with E-state index < -0.39 is 23.1 Å². The minimum atomic E-state index is -4.54. The number of aryl methyl sites for hydroxylation is 1. The lowest BCUT2D eigenvalue weighted by Gasteiger charge is -2.40. The van der Waals surface area contributed by atoms with E-state index in [2.05, 4.69) is 4.98 Å². The lowest BCUT2D eigenvalue weighted by Crippen LogP contribution is -2.47. The van der Waals surface area contributed by atoms with Gasteiger partial charge in [-0.3, -0.25) is 9.78 Å². The predicted octanol–water partition coefficient (Wildman–Crippen LogP) is 5.08. The molecular formula is C25H23F3N4O2. The molecule has 0 amide bonds. The van der Waals surface area contributed by atoms with Crippen LogP contribution in [-0.4, -0.2) is 33.7 Å². The molecule has 0 aliphatic carbocycles. The Kier molecular flexibility index (Phi) is 6.09. The summed E-state index contributed by atoms with van der Waals surface area (Å²) >= 11 is 0. The number of nitriles is 1. The molecule has 1 N–H and O–H groups in total. The SMILES string of the molecule is CCn1cccc1-c1ccc(C2(C(=O)O)CCN(c3ccc(C(F)(F)F)cc3C#N)CC2)cn1. The third kappa shape index (κ3) is 4.12. The second-order valence-electron chi connectivity index (χ2n) is 8.33. The van der Waals surface area contributed by atoms with Gasteiger partial charge >= 0.3 is 12.1 Å². The van der Waals surface area contributed by atoms with Gasteiger partial charge in [0, 0.05) is 32.0 Å². The Morgan fingerprint density at radius 3 is 2.50 bits per heavy atom. The number of carbonyl (C=O) groups is 1. The molecule has 1 aromatic carbocycles. The number of benzene rings is 1. The van der Waals surface area contributed by atoms with Gasteiger partial charge in [0.2, 0.25) is 0 Å². The van der Waals surface area contributed by atoms with Crippen LogP contribution < -0.4 is 4.90 Å². The molecular weight excluding hydrogens is 445 g/mol. The number of carboxylic acids is 1. The smallest absolute Gasteiger partial charge is 0.416 e. The molecule has 0 saturated carbocycles. The topological polar surface area (TPSA) is 82.2 Å². The van der Waals surface area contributed by atoms with Gasteiger partial charge in [-0.25, -0.2) is 0 Å². The van der Waals surface area contributed by atoms with Gasteiger partial charge in [0.05, 0.1) is 33.6 Å². The molecule has 3 aromatic rings. The number of carboxylic acid groups (broad SMARTS) is 1. The highest BCUT2D eigenvalue weighted by atomic mass is 19.4. The summed E-state index contributed by atoms with van der Waals surface area (Å²) in [5.41, 5.74) is 0.534. The van der Waals surface area contributed by atoms with Crippen molar-refractivity contribution in [2.24, 2.45) is 0 Å². The summed E-state index contributed by atoms with van der Waals surface area (Å²) in [5, 5.41) is 19.5. The number of hydrogen-bond donors (Lipinski definition) is 1. The second-order valence-corrected chi connectivity index (χ2v) is 8.33. The van der Waals surface area contributed by atoms with Crippen LogP contribution in [0.4, 0.5) is 18.9 Å². The molecule has 176 valence electrons. The van der Waals surface area contributed by atoms with Crippen molar-refractivity contribution < 1.29 is 23.1 Å². The molecule has 1 fully saturated rings. The lowest BCUT2D eigenvalue weighted by molar-refractivity contribution is -0.145. The zero-order valence-corrected chi connectivity index (χ0v) is 18.5. The maximum Gasteiger partial charge on any atom is 0.416 e. The number of pyridine rings is 1. The fraction of sp³-hybridized carbons (Fsp3) is 0.320. The Labute approximate surface area is 194 Å². The molecule has 6 nitrogen and oxygen atoms in total. The molecule has 1 saturated heterocycles. The fourth-order valence-electron chi connectivity index (χ4n) is 4.58. The lowest BCUT2D eigenvalue weighted by atomic mass is 9.73. The van der Waals surface area contributed by atoms with Crippen molar-refractivity contribution >= 4 is 11.7 Å². The van der Waals surface area contributed by atoms with Gasteiger partial charge in [-0.15, -0.1) is 0 Å². The standard InChI is InChI=1S/C25H23F3N4O2/c1-2-31-11-3-4-22(31)20-7-5-19(16-30-20)24(23(33)34)9-12-32(13-10-24)21-8-6-18(25(26,27)28)14-17(21)15-29/h3-8,11,14,16H,2,9-10,12-13H2,1H3,(H,33,34). The number of anilines is 1. The van der Waals surface area contributed by atoms with E-state index in [9.17, 15) is 28.3 Å². The highest BCUT2D eigenvalue weighted by Gasteiger charge is 2.44. The van der Waals surface area contributed by atoms with Gasteiger partial charge < -0.3 is 14.6 Å². The van der Waals surface area contributed by atoms with E-state index in [1.807, 2.05) is 42.0 Å². The first-order valence-corrected chi connectivity index (χ1v) is 10.9. The number of aromatic nitrogens is 2. The van der Waals surface area contributed by atoms with Crippen molar-refractivity contribution in [3.05, 3.63) is 71.5 Å². The van der Waals surface area contributed by atoms with Gasteiger partial charge in [0.15, 0.2) is 0 Å². The molecule has 0 radical (unpaired) electrons. The van der Waals surface area contributed by atoms with Crippen LogP contribution >= 0.6 is 0 Å². The normalized spacial score (nSPS) is 15.7. The Hall–Kier alpha value is -3.80. The van der Waals surface area contributed by atoms with Crippen LogP contribution in [0.5, 0.6) is 0 Å². The molecule has 4 rings (SSSR count). The average Bonchev–Trinajstić information content (AvgIpc) is 3.32. The van der Waals surface area contributed by atoms with Crippen molar-refractivity contribution in [2.45, 2.75) is 37.9 Å². The Balaban J connectivity index is 1.58. The molecule has 0 bridgehead atoms. The average molecular weight is 468 g/mol. The van der Waals surface area contributed by atoms with Gasteiger partial charge in [0.1, 0.15) is 6.07 Å². The van der Waals surface area contributed by atoms with Crippen molar-refractivity contribution in [3.63, 3.8) is 0 Å². The summed E-state index contributed by atoms with van der Waals surface area (Å²) in [7, 11) is 0. The highest BCUT2D eigenvalue weighted by Crippen LogP contribution is 2.39. The molecule has 34 heavy (non-hydrogen) atoms. The number of halogens is 3. The maximum atomic E-state index is 13.0. The molecule has 1 aliphatic rings. The number of alkyl halides is 3. The highest BCUT2D eigenvalue weighted by molar-refractivity contribution is 5.82. The summed E-state index contributed by atoms with van der Waals surface area (Å²) in [5.74, 6) is -0.966. The van der Waals surface area contributed by atoms with E-state index in [0.717, 1.165) is 30.1 Å². The molecule has 9 heteroatoms. The predicted molar refractivity (Wildman–Crippen MR) is 120 cm³/mol. The van der Waals surface area contributed by atoms with Crippen molar-refractivity contribution in [3.8, 4) is 17.5 Å². The Morgan fingerprint density at radius 1 is 1.21 bits per heavy atom. The molecule has 0 atom stereocenters. The van der Waals surface area contributed by atoms with Crippen LogP contribution in [0.2, 0.25) is 0 Å². The monoisotopic (exact) mass is 468 g/mol. The maximum absolute atomic E-state index is 13.0. The fourth-order valence-corrected chi connectivity index (χ4v) is 4.58. The molecule has 0 unspecified atom stereocenters. The zero-order chi connectivity index (χ0) is 24.5. The van der Waals surface area contributed by atoms with Crippen LogP contribution in [-0.2, 0) is 22.9 Å². The molecule has 2 aromatic heterocycles. The van der Waals surface area contributed by atoms with E-state index in [-0.39, 0.29) is 31.5 Å². The number of hydrogen-bond acceptors (Lipinski definition) is 4. The summed E-state index contributed by atoms with van der Waals surface area (Å²) in [6.07, 6.45) is -0.509. The van der Waals surface area contributed by atoms with E-state index in [1.165, 1.54) is 6.07 Å². The van der Waals surface area contributed by atoms with Gasteiger partial charge in [0.25, 0.3) is 0 Å². The number of aliphatic carboxylic acids is 1. The van der Waals surface area contributed by atoms with Crippen LogP contribution in [0.25, 0.3) is 11.4 Å². The number of nitrogens with zero attached hydrogens (tertiary/aromatic N) is 4. The van der Waals surface area contributed by atoms with Crippen LogP contribution in [0, 0.1) is 11.3 Å². The molecule has 1 aliphatic heterocycles. The first-order chi connectivity index (χ1) is 16.2. The quantitative estimate of drug-likeness (QED) is 0.565. The van der Waals surface area contributed by atoms with Crippen molar-refractivity contribution in [2.75, 3.05) is 18.0 Å². The number of piperidine rings is 1. The third-order valence-electron chi connectivity index (χ3n) is 6.56. The third-order valence-corrected chi connectivity index (χ3v) is 6.56. The summed E-state index contributed by atoms with van der Waals surface area (Å²) in [6, 6.07) is 12.4. The largest absolute Gasteiger partial charge is 0.481 e. The Bertz CT molecular complexity index is 1230.